The Morgan fingerprint density at radius 2 is 2.14 bits per heavy atom. The second-order valence-electron chi connectivity index (χ2n) is 6.63. The first-order valence-corrected chi connectivity index (χ1v) is 7.25. The van der Waals surface area contributed by atoms with E-state index in [9.17, 15) is 4.79 Å². The monoisotopic (exact) mass is 296 g/mol. The van der Waals surface area contributed by atoms with Crippen molar-refractivity contribution in [3.63, 3.8) is 0 Å². The predicted molar refractivity (Wildman–Crippen MR) is 84.1 cm³/mol. The highest BCUT2D eigenvalue weighted by atomic mass is 16.6. The Bertz CT molecular complexity index is 399. The van der Waals surface area contributed by atoms with Gasteiger partial charge in [0, 0.05) is 12.6 Å². The predicted octanol–water partition coefficient (Wildman–Crippen LogP) is 2.69. The first-order chi connectivity index (χ1) is 9.62. The van der Waals surface area contributed by atoms with Crippen LogP contribution in [-0.2, 0) is 9.47 Å². The summed E-state index contributed by atoms with van der Waals surface area (Å²) in [7, 11) is 0. The lowest BCUT2D eigenvalue weighted by atomic mass is 10.1. The lowest BCUT2D eigenvalue weighted by Gasteiger charge is -2.37. The molecule has 1 heterocycles. The van der Waals surface area contributed by atoms with Crippen LogP contribution in [0.1, 0.15) is 34.6 Å². The maximum Gasteiger partial charge on any atom is 0.412 e. The van der Waals surface area contributed by atoms with E-state index in [4.69, 9.17) is 9.47 Å². The molecule has 0 aromatic rings. The van der Waals surface area contributed by atoms with Crippen LogP contribution < -0.4 is 5.32 Å². The van der Waals surface area contributed by atoms with Gasteiger partial charge in [-0.05, 0) is 34.6 Å². The van der Waals surface area contributed by atoms with Gasteiger partial charge < -0.3 is 14.8 Å². The van der Waals surface area contributed by atoms with E-state index in [0.29, 0.717) is 13.2 Å². The fraction of sp³-hybridized carbons (Fsp3) is 0.688. The molecule has 0 bridgehead atoms. The van der Waals surface area contributed by atoms with E-state index in [1.165, 1.54) is 0 Å². The van der Waals surface area contributed by atoms with Gasteiger partial charge in [-0.1, -0.05) is 12.2 Å². The number of nitrogens with one attached hydrogen (secondary N) is 1. The Hall–Kier alpha value is -1.33. The highest BCUT2D eigenvalue weighted by molar-refractivity contribution is 5.70. The van der Waals surface area contributed by atoms with E-state index < -0.39 is 11.3 Å². The van der Waals surface area contributed by atoms with Crippen LogP contribution in [0.25, 0.3) is 0 Å². The Balaban J connectivity index is 2.94. The van der Waals surface area contributed by atoms with Crippen molar-refractivity contribution < 1.29 is 14.3 Å². The summed E-state index contributed by atoms with van der Waals surface area (Å²) < 4.78 is 11.3. The number of rotatable bonds is 5. The summed E-state index contributed by atoms with van der Waals surface area (Å²) >= 11 is 0. The normalized spacial score (nSPS) is 22.7. The molecule has 0 aromatic carbocycles. The Kier molecular flexibility index (Phi) is 5.59. The minimum Gasteiger partial charge on any atom is -0.444 e. The summed E-state index contributed by atoms with van der Waals surface area (Å²) in [5.41, 5.74) is -1.25. The van der Waals surface area contributed by atoms with Crippen molar-refractivity contribution in [3.05, 3.63) is 25.3 Å². The van der Waals surface area contributed by atoms with Gasteiger partial charge in [0.2, 0.25) is 0 Å². The van der Waals surface area contributed by atoms with Crippen LogP contribution in [0, 0.1) is 0 Å². The highest BCUT2D eigenvalue weighted by Gasteiger charge is 2.47. The Morgan fingerprint density at radius 1 is 1.52 bits per heavy atom. The zero-order chi connectivity index (χ0) is 16.3. The average molecular weight is 296 g/mol. The van der Waals surface area contributed by atoms with Gasteiger partial charge in [-0.2, -0.15) is 0 Å². The second-order valence-corrected chi connectivity index (χ2v) is 6.63. The fourth-order valence-corrected chi connectivity index (χ4v) is 2.36. The van der Waals surface area contributed by atoms with E-state index in [0.717, 1.165) is 0 Å². The second kappa shape index (κ2) is 6.62. The molecule has 0 spiro atoms. The first kappa shape index (κ1) is 17.7. The van der Waals surface area contributed by atoms with Crippen molar-refractivity contribution in [1.82, 2.24) is 10.2 Å². The van der Waals surface area contributed by atoms with Crippen molar-refractivity contribution in [2.24, 2.45) is 0 Å². The summed E-state index contributed by atoms with van der Waals surface area (Å²) in [5, 5.41) is 3.28. The number of nitrogens with zero attached hydrogens (tertiary/aromatic N) is 1. The minimum atomic E-state index is -0.704. The topological polar surface area (TPSA) is 50.8 Å². The smallest absolute Gasteiger partial charge is 0.412 e. The third kappa shape index (κ3) is 4.58. The first-order valence-electron chi connectivity index (χ1n) is 7.25. The molecule has 0 saturated carbocycles. The number of hydrogen-bond acceptors (Lipinski definition) is 4. The molecule has 1 fully saturated rings. The number of amides is 1. The number of ether oxygens (including phenoxy) is 2. The van der Waals surface area contributed by atoms with Crippen LogP contribution in [0.3, 0.4) is 0 Å². The third-order valence-electron chi connectivity index (χ3n) is 3.28. The van der Waals surface area contributed by atoms with Crippen LogP contribution in [-0.4, -0.2) is 47.6 Å². The van der Waals surface area contributed by atoms with Gasteiger partial charge in [0.1, 0.15) is 11.3 Å². The van der Waals surface area contributed by atoms with Gasteiger partial charge in [0.05, 0.1) is 12.6 Å². The van der Waals surface area contributed by atoms with Gasteiger partial charge in [-0.3, -0.25) is 4.90 Å². The lowest BCUT2D eigenvalue weighted by molar-refractivity contribution is -0.0630. The van der Waals surface area contributed by atoms with E-state index in [-0.39, 0.29) is 18.2 Å². The van der Waals surface area contributed by atoms with Crippen molar-refractivity contribution in [1.29, 1.82) is 0 Å². The van der Waals surface area contributed by atoms with Crippen LogP contribution in [0.4, 0.5) is 4.79 Å². The molecule has 5 heteroatoms. The molecule has 0 radical (unpaired) electrons. The van der Waals surface area contributed by atoms with Crippen molar-refractivity contribution >= 4 is 6.09 Å². The summed E-state index contributed by atoms with van der Waals surface area (Å²) in [4.78, 5) is 14.2. The maximum atomic E-state index is 12.5. The largest absolute Gasteiger partial charge is 0.444 e. The number of carbonyl (C=O) groups is 1. The molecule has 2 atom stereocenters. The van der Waals surface area contributed by atoms with E-state index in [1.807, 2.05) is 34.6 Å². The van der Waals surface area contributed by atoms with Crippen molar-refractivity contribution in [3.8, 4) is 0 Å². The standard InChI is InChI=1S/C16H28N2O3/c1-8-10-17-12(9-2)13-11-20-16(6,7)18(13)14(19)21-15(3,4)5/h8-9,12-13,17H,1-2,10-11H2,3-7H3/t12-,13-/m0/s1. The molecule has 1 saturated heterocycles. The highest BCUT2D eigenvalue weighted by Crippen LogP contribution is 2.31. The average Bonchev–Trinajstić information content (AvgIpc) is 2.64. The molecular formula is C16H28N2O3. The SMILES string of the molecule is C=CCN[C@@H](C=C)[C@@H]1COC(C)(C)N1C(=O)OC(C)(C)C. The molecular weight excluding hydrogens is 268 g/mol. The van der Waals surface area contributed by atoms with Crippen LogP contribution in [0.5, 0.6) is 0 Å². The molecule has 120 valence electrons. The Morgan fingerprint density at radius 3 is 2.62 bits per heavy atom. The fourth-order valence-electron chi connectivity index (χ4n) is 2.36. The molecule has 0 aliphatic carbocycles. The van der Waals surface area contributed by atoms with E-state index >= 15 is 0 Å². The summed E-state index contributed by atoms with van der Waals surface area (Å²) in [6.07, 6.45) is 3.19. The van der Waals surface area contributed by atoms with Crippen molar-refractivity contribution in [2.45, 2.75) is 58.0 Å². The zero-order valence-electron chi connectivity index (χ0n) is 13.8. The minimum absolute atomic E-state index is 0.0858. The molecule has 21 heavy (non-hydrogen) atoms. The number of hydrogen-bond donors (Lipinski definition) is 1. The molecule has 1 rings (SSSR count). The molecule has 0 unspecified atom stereocenters. The van der Waals surface area contributed by atoms with Gasteiger partial charge in [-0.25, -0.2) is 4.79 Å². The molecule has 1 N–H and O–H groups in total. The summed E-state index contributed by atoms with van der Waals surface area (Å²) in [6.45, 7) is 17.9. The zero-order valence-corrected chi connectivity index (χ0v) is 13.8. The lowest BCUT2D eigenvalue weighted by Crippen LogP contribution is -2.55. The van der Waals surface area contributed by atoms with E-state index in [2.05, 4.69) is 18.5 Å². The molecule has 0 aromatic heterocycles. The van der Waals surface area contributed by atoms with Gasteiger partial charge in [0.15, 0.2) is 0 Å². The quantitative estimate of drug-likeness (QED) is 0.793. The van der Waals surface area contributed by atoms with Gasteiger partial charge in [-0.15, -0.1) is 13.2 Å². The van der Waals surface area contributed by atoms with Gasteiger partial charge >= 0.3 is 6.09 Å². The number of carbonyl (C=O) groups excluding carboxylic acids is 1. The maximum absolute atomic E-state index is 12.5. The van der Waals surface area contributed by atoms with Crippen LogP contribution >= 0.6 is 0 Å². The van der Waals surface area contributed by atoms with Crippen LogP contribution in [0.2, 0.25) is 0 Å². The van der Waals surface area contributed by atoms with Crippen molar-refractivity contribution in [2.75, 3.05) is 13.2 Å². The summed E-state index contributed by atoms with van der Waals surface area (Å²) in [5.74, 6) is 0. The van der Waals surface area contributed by atoms with Gasteiger partial charge in [0.25, 0.3) is 0 Å². The third-order valence-corrected chi connectivity index (χ3v) is 3.28. The van der Waals surface area contributed by atoms with E-state index in [1.54, 1.807) is 17.1 Å². The summed E-state index contributed by atoms with van der Waals surface area (Å²) in [6, 6.07) is -0.246. The molecule has 1 aliphatic rings. The molecule has 5 nitrogen and oxygen atoms in total. The van der Waals surface area contributed by atoms with Crippen LogP contribution in [0.15, 0.2) is 25.3 Å². The molecule has 1 aliphatic heterocycles. The Labute approximate surface area is 128 Å². The molecule has 1 amide bonds.